The summed E-state index contributed by atoms with van der Waals surface area (Å²) in [4.78, 5) is 37.0. The molecule has 0 saturated carbocycles. The van der Waals surface area contributed by atoms with E-state index in [0.29, 0.717) is 6.42 Å². The summed E-state index contributed by atoms with van der Waals surface area (Å²) in [7, 11) is 0. The lowest BCUT2D eigenvalue weighted by molar-refractivity contribution is -0.142. The minimum atomic E-state index is -0.563. The molecule has 114 valence electrons. The highest BCUT2D eigenvalue weighted by Crippen LogP contribution is 2.37. The Morgan fingerprint density at radius 3 is 2.68 bits per heavy atom. The largest absolute Gasteiger partial charge is 0.272 e. The summed E-state index contributed by atoms with van der Waals surface area (Å²) < 4.78 is 0. The summed E-state index contributed by atoms with van der Waals surface area (Å²) >= 11 is 5.96. The normalized spacial score (nSPS) is 27.0. The quantitative estimate of drug-likeness (QED) is 0.671. The molecule has 22 heavy (non-hydrogen) atoms. The van der Waals surface area contributed by atoms with E-state index < -0.39 is 11.8 Å². The SMILES string of the molecule is C[C@@H]1C=CC[C@@H]2C(=O)N(NC(=O)c3ccccc3Cl)C(=O)[C@@H]12. The van der Waals surface area contributed by atoms with Crippen molar-refractivity contribution in [2.45, 2.75) is 13.3 Å². The molecule has 1 saturated heterocycles. The van der Waals surface area contributed by atoms with Gasteiger partial charge >= 0.3 is 0 Å². The first-order chi connectivity index (χ1) is 10.5. The Labute approximate surface area is 132 Å². The zero-order valence-corrected chi connectivity index (χ0v) is 12.7. The van der Waals surface area contributed by atoms with E-state index in [1.165, 1.54) is 0 Å². The fraction of sp³-hybridized carbons (Fsp3) is 0.312. The van der Waals surface area contributed by atoms with Gasteiger partial charge in [-0.05, 0) is 24.5 Å². The van der Waals surface area contributed by atoms with E-state index >= 15 is 0 Å². The Hall–Kier alpha value is -2.14. The van der Waals surface area contributed by atoms with Crippen molar-refractivity contribution in [2.24, 2.45) is 17.8 Å². The molecule has 0 radical (unpaired) electrons. The molecule has 0 unspecified atom stereocenters. The van der Waals surface area contributed by atoms with Gasteiger partial charge < -0.3 is 0 Å². The van der Waals surface area contributed by atoms with Gasteiger partial charge in [0.15, 0.2) is 0 Å². The highest BCUT2D eigenvalue weighted by molar-refractivity contribution is 6.33. The monoisotopic (exact) mass is 318 g/mol. The number of amides is 3. The highest BCUT2D eigenvalue weighted by Gasteiger charge is 2.50. The van der Waals surface area contributed by atoms with Crippen molar-refractivity contribution < 1.29 is 14.4 Å². The van der Waals surface area contributed by atoms with Crippen LogP contribution in [-0.2, 0) is 9.59 Å². The number of benzene rings is 1. The lowest BCUT2D eigenvalue weighted by Gasteiger charge is -2.22. The second-order valence-corrected chi connectivity index (χ2v) is 6.00. The van der Waals surface area contributed by atoms with Crippen LogP contribution in [0, 0.1) is 17.8 Å². The van der Waals surface area contributed by atoms with E-state index in [1.807, 2.05) is 19.1 Å². The predicted molar refractivity (Wildman–Crippen MR) is 80.7 cm³/mol. The summed E-state index contributed by atoms with van der Waals surface area (Å²) in [6.45, 7) is 1.90. The second-order valence-electron chi connectivity index (χ2n) is 5.59. The maximum atomic E-state index is 12.4. The van der Waals surface area contributed by atoms with Gasteiger partial charge in [0.1, 0.15) is 0 Å². The fourth-order valence-corrected chi connectivity index (χ4v) is 3.29. The molecule has 1 N–H and O–H groups in total. The first-order valence-corrected chi connectivity index (χ1v) is 7.48. The molecule has 1 aromatic carbocycles. The highest BCUT2D eigenvalue weighted by atomic mass is 35.5. The molecule has 3 atom stereocenters. The van der Waals surface area contributed by atoms with Crippen LogP contribution in [0.15, 0.2) is 36.4 Å². The van der Waals surface area contributed by atoms with Crippen molar-refractivity contribution in [3.05, 3.63) is 47.0 Å². The Bertz CT molecular complexity index is 686. The van der Waals surface area contributed by atoms with Crippen molar-refractivity contribution in [2.75, 3.05) is 0 Å². The van der Waals surface area contributed by atoms with Crippen LogP contribution in [0.3, 0.4) is 0 Å². The number of hydrogen-bond donors (Lipinski definition) is 1. The molecule has 1 heterocycles. The van der Waals surface area contributed by atoms with Gasteiger partial charge in [-0.2, -0.15) is 5.01 Å². The number of halogens is 1. The number of nitrogens with one attached hydrogen (secondary N) is 1. The van der Waals surface area contributed by atoms with Crippen LogP contribution in [-0.4, -0.2) is 22.7 Å². The Morgan fingerprint density at radius 2 is 2.00 bits per heavy atom. The molecule has 1 fully saturated rings. The topological polar surface area (TPSA) is 66.5 Å². The number of carbonyl (C=O) groups excluding carboxylic acids is 3. The zero-order chi connectivity index (χ0) is 15.9. The Balaban J connectivity index is 1.82. The van der Waals surface area contributed by atoms with E-state index in [9.17, 15) is 14.4 Å². The minimum Gasteiger partial charge on any atom is -0.272 e. The van der Waals surface area contributed by atoms with Gasteiger partial charge in [-0.15, -0.1) is 0 Å². The van der Waals surface area contributed by atoms with Crippen molar-refractivity contribution in [3.8, 4) is 0 Å². The van der Waals surface area contributed by atoms with E-state index in [1.54, 1.807) is 24.3 Å². The molecule has 1 aliphatic heterocycles. The molecule has 1 aliphatic carbocycles. The molecular formula is C16H15ClN2O3. The first kappa shape index (κ1) is 14.8. The number of nitrogens with zero attached hydrogens (tertiary/aromatic N) is 1. The lowest BCUT2D eigenvalue weighted by Crippen LogP contribution is -2.46. The first-order valence-electron chi connectivity index (χ1n) is 7.10. The molecule has 6 heteroatoms. The molecular weight excluding hydrogens is 304 g/mol. The number of hydrazine groups is 1. The van der Waals surface area contributed by atoms with E-state index in [0.717, 1.165) is 5.01 Å². The van der Waals surface area contributed by atoms with Crippen molar-refractivity contribution in [3.63, 3.8) is 0 Å². The third-order valence-electron chi connectivity index (χ3n) is 4.20. The van der Waals surface area contributed by atoms with Crippen LogP contribution in [0.25, 0.3) is 0 Å². The average molecular weight is 319 g/mol. The smallest absolute Gasteiger partial charge is 0.271 e. The van der Waals surface area contributed by atoms with Crippen LogP contribution in [0.4, 0.5) is 0 Å². The summed E-state index contributed by atoms with van der Waals surface area (Å²) in [5.74, 6) is -2.08. The number of fused-ring (bicyclic) bond motifs is 1. The summed E-state index contributed by atoms with van der Waals surface area (Å²) in [6.07, 6.45) is 4.38. The van der Waals surface area contributed by atoms with Crippen molar-refractivity contribution >= 4 is 29.3 Å². The second kappa shape index (κ2) is 5.57. The maximum absolute atomic E-state index is 12.4. The van der Waals surface area contributed by atoms with Crippen LogP contribution in [0.2, 0.25) is 5.02 Å². The summed E-state index contributed by atoms with van der Waals surface area (Å²) in [5, 5.41) is 1.12. The molecule has 3 amide bonds. The standard InChI is InChI=1S/C16H15ClN2O3/c1-9-5-4-7-11-13(9)16(22)19(15(11)21)18-14(20)10-6-2-3-8-12(10)17/h2-6,8-9,11,13H,7H2,1H3,(H,18,20)/t9-,11+,13+/m1/s1. The van der Waals surface area contributed by atoms with Gasteiger partial charge in [-0.1, -0.05) is 42.8 Å². The van der Waals surface area contributed by atoms with Gasteiger partial charge in [0.05, 0.1) is 22.4 Å². The predicted octanol–water partition coefficient (Wildman–Crippen LogP) is 2.18. The number of imide groups is 1. The molecule has 0 spiro atoms. The minimum absolute atomic E-state index is 0.0163. The number of carbonyl (C=O) groups is 3. The number of allylic oxidation sites excluding steroid dienone is 2. The molecule has 0 bridgehead atoms. The van der Waals surface area contributed by atoms with Crippen LogP contribution >= 0.6 is 11.6 Å². The molecule has 1 aromatic rings. The van der Waals surface area contributed by atoms with Gasteiger partial charge in [-0.3, -0.25) is 19.8 Å². The van der Waals surface area contributed by atoms with Gasteiger partial charge in [-0.25, -0.2) is 0 Å². The third-order valence-corrected chi connectivity index (χ3v) is 4.53. The van der Waals surface area contributed by atoms with Gasteiger partial charge in [0, 0.05) is 0 Å². The summed E-state index contributed by atoms with van der Waals surface area (Å²) in [5.41, 5.74) is 2.62. The van der Waals surface area contributed by atoms with Crippen LogP contribution in [0.1, 0.15) is 23.7 Å². The van der Waals surface area contributed by atoms with Crippen molar-refractivity contribution in [1.82, 2.24) is 10.4 Å². The van der Waals surface area contributed by atoms with Crippen molar-refractivity contribution in [1.29, 1.82) is 0 Å². The van der Waals surface area contributed by atoms with E-state index in [2.05, 4.69) is 5.43 Å². The Morgan fingerprint density at radius 1 is 1.27 bits per heavy atom. The van der Waals surface area contributed by atoms with E-state index in [-0.39, 0.29) is 34.2 Å². The molecule has 5 nitrogen and oxygen atoms in total. The fourth-order valence-electron chi connectivity index (χ4n) is 3.06. The van der Waals surface area contributed by atoms with Gasteiger partial charge in [0.25, 0.3) is 17.7 Å². The number of hydrogen-bond acceptors (Lipinski definition) is 3. The van der Waals surface area contributed by atoms with Crippen LogP contribution in [0.5, 0.6) is 0 Å². The maximum Gasteiger partial charge on any atom is 0.271 e. The van der Waals surface area contributed by atoms with Crippen LogP contribution < -0.4 is 5.43 Å². The average Bonchev–Trinajstić information content (AvgIpc) is 2.74. The Kier molecular flexibility index (Phi) is 3.74. The zero-order valence-electron chi connectivity index (χ0n) is 12.0. The molecule has 3 rings (SSSR count). The molecule has 2 aliphatic rings. The number of rotatable bonds is 2. The third kappa shape index (κ3) is 2.31. The summed E-state index contributed by atoms with van der Waals surface area (Å²) in [6, 6.07) is 6.49. The van der Waals surface area contributed by atoms with Gasteiger partial charge in [0.2, 0.25) is 0 Å². The molecule has 0 aromatic heterocycles. The van der Waals surface area contributed by atoms with E-state index in [4.69, 9.17) is 11.6 Å². The lowest BCUT2D eigenvalue weighted by atomic mass is 9.78.